The van der Waals surface area contributed by atoms with Crippen LogP contribution >= 0.6 is 0 Å². The summed E-state index contributed by atoms with van der Waals surface area (Å²) in [5, 5.41) is 3.54. The third-order valence-corrected chi connectivity index (χ3v) is 6.20. The summed E-state index contributed by atoms with van der Waals surface area (Å²) >= 11 is 0. The van der Waals surface area contributed by atoms with E-state index in [1.165, 1.54) is 24.0 Å². The van der Waals surface area contributed by atoms with Gasteiger partial charge >= 0.3 is 0 Å². The summed E-state index contributed by atoms with van der Waals surface area (Å²) < 4.78 is 17.5. The van der Waals surface area contributed by atoms with Crippen molar-refractivity contribution < 1.29 is 14.2 Å². The Balaban J connectivity index is 1.16. The molecular formula is C23H35N3O3. The first-order valence-electron chi connectivity index (χ1n) is 11.3. The Morgan fingerprint density at radius 3 is 2.90 bits per heavy atom. The van der Waals surface area contributed by atoms with Crippen molar-refractivity contribution in [2.24, 2.45) is 4.99 Å². The molecule has 3 heterocycles. The molecule has 1 N–H and O–H groups in total. The summed E-state index contributed by atoms with van der Waals surface area (Å²) in [5.74, 6) is 2.06. The van der Waals surface area contributed by atoms with Crippen molar-refractivity contribution in [3.8, 4) is 5.75 Å². The van der Waals surface area contributed by atoms with Gasteiger partial charge in [-0.1, -0.05) is 12.1 Å². The van der Waals surface area contributed by atoms with Gasteiger partial charge in [0, 0.05) is 39.7 Å². The van der Waals surface area contributed by atoms with Crippen molar-refractivity contribution in [3.63, 3.8) is 0 Å². The normalized spacial score (nSPS) is 23.0. The molecular weight excluding hydrogens is 366 g/mol. The van der Waals surface area contributed by atoms with E-state index in [2.05, 4.69) is 33.4 Å². The third-order valence-electron chi connectivity index (χ3n) is 6.20. The Hall–Kier alpha value is -1.79. The molecule has 3 aliphatic rings. The fourth-order valence-electron chi connectivity index (χ4n) is 4.46. The van der Waals surface area contributed by atoms with Gasteiger partial charge in [-0.2, -0.15) is 0 Å². The van der Waals surface area contributed by atoms with Crippen molar-refractivity contribution >= 4 is 5.96 Å². The first kappa shape index (κ1) is 20.5. The number of aliphatic imine (C=N–C) groups is 1. The molecule has 0 aliphatic carbocycles. The minimum absolute atomic E-state index is 0.307. The molecule has 2 saturated heterocycles. The maximum atomic E-state index is 6.14. The molecule has 1 unspecified atom stereocenters. The maximum absolute atomic E-state index is 6.14. The summed E-state index contributed by atoms with van der Waals surface area (Å²) in [5.41, 5.74) is 2.70. The number of hydrogen-bond acceptors (Lipinski definition) is 4. The van der Waals surface area contributed by atoms with E-state index in [1.54, 1.807) is 0 Å². The molecule has 160 valence electrons. The van der Waals surface area contributed by atoms with Crippen LogP contribution in [0.25, 0.3) is 0 Å². The van der Waals surface area contributed by atoms with Gasteiger partial charge < -0.3 is 24.4 Å². The quantitative estimate of drug-likeness (QED) is 0.587. The lowest BCUT2D eigenvalue weighted by Gasteiger charge is -2.35. The molecule has 0 saturated carbocycles. The lowest BCUT2D eigenvalue weighted by atomic mass is 10.1. The van der Waals surface area contributed by atoms with Gasteiger partial charge in [0.2, 0.25) is 0 Å². The van der Waals surface area contributed by atoms with E-state index in [-0.39, 0.29) is 0 Å². The highest BCUT2D eigenvalue weighted by Gasteiger charge is 2.23. The highest BCUT2D eigenvalue weighted by Crippen LogP contribution is 2.26. The number of hydrogen-bond donors (Lipinski definition) is 1. The molecule has 29 heavy (non-hydrogen) atoms. The van der Waals surface area contributed by atoms with Crippen molar-refractivity contribution in [1.29, 1.82) is 0 Å². The summed E-state index contributed by atoms with van der Waals surface area (Å²) in [4.78, 5) is 6.85. The zero-order valence-electron chi connectivity index (χ0n) is 17.7. The topological polar surface area (TPSA) is 55.3 Å². The SMILES string of the molecule is CN=C(NCCc1ccc2c(c1)CCO2)N1CCC(OCC2CCCCO2)CC1. The minimum atomic E-state index is 0.307. The summed E-state index contributed by atoms with van der Waals surface area (Å²) in [6, 6.07) is 6.56. The van der Waals surface area contributed by atoms with Crippen LogP contribution in [-0.4, -0.2) is 69.6 Å². The summed E-state index contributed by atoms with van der Waals surface area (Å²) in [6.07, 6.45) is 8.40. The van der Waals surface area contributed by atoms with E-state index in [1.807, 2.05) is 7.05 Å². The Kier molecular flexibility index (Phi) is 7.28. The van der Waals surface area contributed by atoms with Gasteiger partial charge in [0.25, 0.3) is 0 Å². The van der Waals surface area contributed by atoms with Gasteiger partial charge in [-0.3, -0.25) is 4.99 Å². The van der Waals surface area contributed by atoms with Crippen LogP contribution in [0, 0.1) is 0 Å². The number of nitrogens with one attached hydrogen (secondary N) is 1. The first-order valence-corrected chi connectivity index (χ1v) is 11.3. The fraction of sp³-hybridized carbons (Fsp3) is 0.696. The number of likely N-dealkylation sites (tertiary alicyclic amines) is 1. The van der Waals surface area contributed by atoms with Gasteiger partial charge in [-0.25, -0.2) is 0 Å². The van der Waals surface area contributed by atoms with Crippen LogP contribution in [0.4, 0.5) is 0 Å². The Bertz CT molecular complexity index is 680. The van der Waals surface area contributed by atoms with Crippen LogP contribution in [0.5, 0.6) is 5.75 Å². The highest BCUT2D eigenvalue weighted by molar-refractivity contribution is 5.80. The molecule has 2 fully saturated rings. The van der Waals surface area contributed by atoms with Crippen LogP contribution in [-0.2, 0) is 22.3 Å². The van der Waals surface area contributed by atoms with Crippen LogP contribution in [0.3, 0.4) is 0 Å². The van der Waals surface area contributed by atoms with Gasteiger partial charge in [0.05, 0.1) is 25.4 Å². The number of fused-ring (bicyclic) bond motifs is 1. The lowest BCUT2D eigenvalue weighted by molar-refractivity contribution is -0.0721. The molecule has 0 aromatic heterocycles. The van der Waals surface area contributed by atoms with E-state index in [4.69, 9.17) is 14.2 Å². The first-order chi connectivity index (χ1) is 14.3. The molecule has 0 amide bonds. The maximum Gasteiger partial charge on any atom is 0.193 e. The number of piperidine rings is 1. The Labute approximate surface area is 174 Å². The Morgan fingerprint density at radius 2 is 2.10 bits per heavy atom. The zero-order valence-corrected chi connectivity index (χ0v) is 17.7. The minimum Gasteiger partial charge on any atom is -0.493 e. The molecule has 1 aromatic carbocycles. The van der Waals surface area contributed by atoms with Crippen molar-refractivity contribution in [1.82, 2.24) is 10.2 Å². The number of guanidine groups is 1. The molecule has 0 radical (unpaired) electrons. The van der Waals surface area contributed by atoms with Crippen LogP contribution in [0.2, 0.25) is 0 Å². The fourth-order valence-corrected chi connectivity index (χ4v) is 4.46. The van der Waals surface area contributed by atoms with E-state index in [0.717, 1.165) is 83.3 Å². The smallest absolute Gasteiger partial charge is 0.193 e. The van der Waals surface area contributed by atoms with E-state index < -0.39 is 0 Å². The van der Waals surface area contributed by atoms with Crippen molar-refractivity contribution in [2.75, 3.05) is 46.5 Å². The van der Waals surface area contributed by atoms with Crippen LogP contribution in [0.15, 0.2) is 23.2 Å². The van der Waals surface area contributed by atoms with E-state index >= 15 is 0 Å². The third kappa shape index (κ3) is 5.64. The molecule has 6 nitrogen and oxygen atoms in total. The number of rotatable bonds is 6. The van der Waals surface area contributed by atoms with Crippen LogP contribution < -0.4 is 10.1 Å². The average Bonchev–Trinajstić information content (AvgIpc) is 3.24. The molecule has 4 rings (SSSR count). The zero-order chi connectivity index (χ0) is 19.9. The highest BCUT2D eigenvalue weighted by atomic mass is 16.5. The number of ether oxygens (including phenoxy) is 3. The van der Waals surface area contributed by atoms with Crippen molar-refractivity contribution in [3.05, 3.63) is 29.3 Å². The van der Waals surface area contributed by atoms with Crippen molar-refractivity contribution in [2.45, 2.75) is 57.2 Å². The average molecular weight is 402 g/mol. The Morgan fingerprint density at radius 1 is 1.21 bits per heavy atom. The van der Waals surface area contributed by atoms with Crippen LogP contribution in [0.1, 0.15) is 43.2 Å². The second-order valence-electron chi connectivity index (χ2n) is 8.27. The predicted octanol–water partition coefficient (Wildman–Crippen LogP) is 2.79. The van der Waals surface area contributed by atoms with E-state index in [0.29, 0.717) is 12.2 Å². The molecule has 1 aromatic rings. The predicted molar refractivity (Wildman–Crippen MR) is 115 cm³/mol. The van der Waals surface area contributed by atoms with Gasteiger partial charge in [0.1, 0.15) is 5.75 Å². The van der Waals surface area contributed by atoms with Gasteiger partial charge in [-0.15, -0.1) is 0 Å². The summed E-state index contributed by atoms with van der Waals surface area (Å²) in [7, 11) is 1.87. The molecule has 6 heteroatoms. The number of benzene rings is 1. The van der Waals surface area contributed by atoms with Gasteiger partial charge in [-0.05, 0) is 55.7 Å². The molecule has 1 atom stereocenters. The molecule has 3 aliphatic heterocycles. The van der Waals surface area contributed by atoms with Gasteiger partial charge in [0.15, 0.2) is 5.96 Å². The molecule has 0 bridgehead atoms. The standard InChI is InChI=1S/C23H35N3O3/c1-24-23(25-11-7-18-5-6-22-19(16-18)10-15-28-22)26-12-8-20(9-13-26)29-17-21-4-2-3-14-27-21/h5-6,16,20-21H,2-4,7-15,17H2,1H3,(H,24,25). The number of nitrogens with zero attached hydrogens (tertiary/aromatic N) is 2. The second-order valence-corrected chi connectivity index (χ2v) is 8.27. The largest absolute Gasteiger partial charge is 0.493 e. The molecule has 0 spiro atoms. The van der Waals surface area contributed by atoms with E-state index in [9.17, 15) is 0 Å². The monoisotopic (exact) mass is 401 g/mol. The lowest BCUT2D eigenvalue weighted by Crippen LogP contribution is -2.47. The summed E-state index contributed by atoms with van der Waals surface area (Å²) in [6.45, 7) is 5.34. The second kappa shape index (κ2) is 10.3.